The van der Waals surface area contributed by atoms with Gasteiger partial charge in [-0.25, -0.2) is 4.79 Å². The van der Waals surface area contributed by atoms with Crippen LogP contribution in [0.15, 0.2) is 54.6 Å². The summed E-state index contributed by atoms with van der Waals surface area (Å²) in [4.78, 5) is 10.8. The number of carbonyl (C=O) groups is 1. The van der Waals surface area contributed by atoms with Crippen LogP contribution in [0.5, 0.6) is 0 Å². The van der Waals surface area contributed by atoms with Crippen LogP contribution < -0.4 is 10.6 Å². The monoisotopic (exact) mass is 230 g/mol. The van der Waals surface area contributed by atoms with Gasteiger partial charge in [-0.15, -0.1) is 0 Å². The zero-order valence-electron chi connectivity index (χ0n) is 8.55. The third-order valence-corrected chi connectivity index (χ3v) is 3.39. The predicted molar refractivity (Wildman–Crippen MR) is 67.4 cm³/mol. The Morgan fingerprint density at radius 3 is 2.31 bits per heavy atom. The van der Waals surface area contributed by atoms with E-state index < -0.39 is 5.97 Å². The van der Waals surface area contributed by atoms with E-state index in [0.717, 1.165) is 5.30 Å². The Balaban J connectivity index is 2.22. The molecule has 0 aliphatic rings. The van der Waals surface area contributed by atoms with Crippen LogP contribution in [-0.4, -0.2) is 11.1 Å². The van der Waals surface area contributed by atoms with Crippen molar-refractivity contribution in [1.82, 2.24) is 0 Å². The van der Waals surface area contributed by atoms with Crippen LogP contribution in [0.25, 0.3) is 0 Å². The molecule has 16 heavy (non-hydrogen) atoms. The summed E-state index contributed by atoms with van der Waals surface area (Å²) >= 11 is 0. The second kappa shape index (κ2) is 4.91. The number of rotatable bonds is 3. The van der Waals surface area contributed by atoms with Gasteiger partial charge in [0.05, 0.1) is 5.56 Å². The van der Waals surface area contributed by atoms with Gasteiger partial charge in [0.15, 0.2) is 0 Å². The molecule has 2 rings (SSSR count). The largest absolute Gasteiger partial charge is 0.478 e. The lowest BCUT2D eigenvalue weighted by Crippen LogP contribution is -2.06. The summed E-state index contributed by atoms with van der Waals surface area (Å²) in [6, 6.07) is 17.1. The molecule has 0 heterocycles. The maximum absolute atomic E-state index is 10.8. The first-order chi connectivity index (χ1) is 7.75. The summed E-state index contributed by atoms with van der Waals surface area (Å²) in [5, 5.41) is 11.1. The van der Waals surface area contributed by atoms with Crippen LogP contribution in [0.2, 0.25) is 0 Å². The average molecular weight is 230 g/mol. The molecule has 1 atom stereocenters. The summed E-state index contributed by atoms with van der Waals surface area (Å²) in [6.07, 6.45) is 0. The molecule has 1 N–H and O–H groups in total. The molecule has 0 spiro atoms. The van der Waals surface area contributed by atoms with Crippen LogP contribution in [0.4, 0.5) is 0 Å². The van der Waals surface area contributed by atoms with Crippen molar-refractivity contribution in [3.63, 3.8) is 0 Å². The highest BCUT2D eigenvalue weighted by Crippen LogP contribution is 2.11. The SMILES string of the molecule is O=C(O)c1cccc(Pc2ccccc2)c1. The summed E-state index contributed by atoms with van der Waals surface area (Å²) in [7, 11) is 0.503. The van der Waals surface area contributed by atoms with Crippen molar-refractivity contribution >= 4 is 25.2 Å². The minimum Gasteiger partial charge on any atom is -0.478 e. The van der Waals surface area contributed by atoms with Gasteiger partial charge in [0.2, 0.25) is 0 Å². The van der Waals surface area contributed by atoms with Crippen LogP contribution in [0.1, 0.15) is 10.4 Å². The van der Waals surface area contributed by atoms with Crippen LogP contribution >= 0.6 is 8.58 Å². The molecular weight excluding hydrogens is 219 g/mol. The summed E-state index contributed by atoms with van der Waals surface area (Å²) in [6.45, 7) is 0. The number of hydrogen-bond acceptors (Lipinski definition) is 1. The molecule has 0 radical (unpaired) electrons. The zero-order chi connectivity index (χ0) is 11.4. The van der Waals surface area contributed by atoms with Crippen molar-refractivity contribution < 1.29 is 9.90 Å². The molecule has 0 fully saturated rings. The van der Waals surface area contributed by atoms with E-state index in [1.165, 1.54) is 5.30 Å². The molecule has 0 saturated carbocycles. The minimum atomic E-state index is -0.875. The molecule has 3 heteroatoms. The topological polar surface area (TPSA) is 37.3 Å². The molecule has 0 aromatic heterocycles. The second-order valence-electron chi connectivity index (χ2n) is 3.38. The molecule has 1 unspecified atom stereocenters. The number of hydrogen-bond donors (Lipinski definition) is 1. The third kappa shape index (κ3) is 2.68. The fraction of sp³-hybridized carbons (Fsp3) is 0. The lowest BCUT2D eigenvalue weighted by atomic mass is 10.2. The molecule has 0 bridgehead atoms. The van der Waals surface area contributed by atoms with Crippen LogP contribution in [0.3, 0.4) is 0 Å². The first-order valence-electron chi connectivity index (χ1n) is 4.91. The number of carboxylic acid groups (broad SMARTS) is 1. The standard InChI is InChI=1S/C13H11O2P/c14-13(15)10-5-4-8-12(9-10)16-11-6-2-1-3-7-11/h1-9,16H,(H,14,15). The van der Waals surface area contributed by atoms with Gasteiger partial charge in [-0.2, -0.15) is 0 Å². The van der Waals surface area contributed by atoms with Crippen molar-refractivity contribution in [1.29, 1.82) is 0 Å². The Morgan fingerprint density at radius 1 is 0.938 bits per heavy atom. The molecule has 2 aromatic carbocycles. The molecule has 0 amide bonds. The normalized spacial score (nSPS) is 10.8. The van der Waals surface area contributed by atoms with Gasteiger partial charge in [0.25, 0.3) is 0 Å². The van der Waals surface area contributed by atoms with Crippen LogP contribution in [-0.2, 0) is 0 Å². The quantitative estimate of drug-likeness (QED) is 0.819. The number of carboxylic acids is 1. The maximum Gasteiger partial charge on any atom is 0.335 e. The van der Waals surface area contributed by atoms with Gasteiger partial charge < -0.3 is 5.11 Å². The van der Waals surface area contributed by atoms with Crippen molar-refractivity contribution in [2.75, 3.05) is 0 Å². The van der Waals surface area contributed by atoms with E-state index in [2.05, 4.69) is 0 Å². The lowest BCUT2D eigenvalue weighted by molar-refractivity contribution is 0.0697. The first-order valence-corrected chi connectivity index (χ1v) is 5.91. The van der Waals surface area contributed by atoms with E-state index in [9.17, 15) is 4.79 Å². The summed E-state index contributed by atoms with van der Waals surface area (Å²) in [5.41, 5.74) is 0.348. The summed E-state index contributed by atoms with van der Waals surface area (Å²) < 4.78 is 0. The van der Waals surface area contributed by atoms with Gasteiger partial charge >= 0.3 is 5.97 Å². The smallest absolute Gasteiger partial charge is 0.335 e. The van der Waals surface area contributed by atoms with Crippen LogP contribution in [0, 0.1) is 0 Å². The fourth-order valence-corrected chi connectivity index (χ4v) is 2.52. The molecule has 2 aromatic rings. The van der Waals surface area contributed by atoms with Gasteiger partial charge in [-0.3, -0.25) is 0 Å². The van der Waals surface area contributed by atoms with E-state index in [1.54, 1.807) is 18.2 Å². The van der Waals surface area contributed by atoms with E-state index in [-0.39, 0.29) is 0 Å². The Morgan fingerprint density at radius 2 is 1.62 bits per heavy atom. The molecule has 0 aliphatic carbocycles. The summed E-state index contributed by atoms with van der Waals surface area (Å²) in [5.74, 6) is -0.875. The average Bonchev–Trinajstić information content (AvgIpc) is 2.30. The van der Waals surface area contributed by atoms with Crippen molar-refractivity contribution in [2.45, 2.75) is 0 Å². The van der Waals surface area contributed by atoms with E-state index in [4.69, 9.17) is 5.11 Å². The highest BCUT2D eigenvalue weighted by molar-refractivity contribution is 7.55. The van der Waals surface area contributed by atoms with Crippen molar-refractivity contribution in [3.05, 3.63) is 60.2 Å². The lowest BCUT2D eigenvalue weighted by Gasteiger charge is -2.02. The molecular formula is C13H11O2P. The molecule has 80 valence electrons. The highest BCUT2D eigenvalue weighted by atomic mass is 31.1. The Labute approximate surface area is 95.7 Å². The Bertz CT molecular complexity index is 494. The second-order valence-corrected chi connectivity index (χ2v) is 4.78. The maximum atomic E-state index is 10.8. The van der Waals surface area contributed by atoms with Gasteiger partial charge in [-0.1, -0.05) is 51.0 Å². The van der Waals surface area contributed by atoms with Crippen molar-refractivity contribution in [2.24, 2.45) is 0 Å². The van der Waals surface area contributed by atoms with Gasteiger partial charge in [0.1, 0.15) is 0 Å². The Hall–Kier alpha value is -1.66. The van der Waals surface area contributed by atoms with E-state index in [1.807, 2.05) is 36.4 Å². The zero-order valence-corrected chi connectivity index (χ0v) is 9.55. The van der Waals surface area contributed by atoms with Crippen molar-refractivity contribution in [3.8, 4) is 0 Å². The third-order valence-electron chi connectivity index (χ3n) is 2.17. The number of aromatic carboxylic acids is 1. The highest BCUT2D eigenvalue weighted by Gasteiger charge is 2.03. The molecule has 2 nitrogen and oxygen atoms in total. The predicted octanol–water partition coefficient (Wildman–Crippen LogP) is 2.01. The van der Waals surface area contributed by atoms with Gasteiger partial charge in [0, 0.05) is 0 Å². The van der Waals surface area contributed by atoms with E-state index >= 15 is 0 Å². The number of benzene rings is 2. The Kier molecular flexibility index (Phi) is 3.33. The van der Waals surface area contributed by atoms with Gasteiger partial charge in [-0.05, 0) is 22.7 Å². The van der Waals surface area contributed by atoms with E-state index in [0.29, 0.717) is 14.1 Å². The first kappa shape index (κ1) is 10.8. The molecule has 0 saturated heterocycles. The minimum absolute atomic E-state index is 0.348. The fourth-order valence-electron chi connectivity index (χ4n) is 1.42. The molecule has 0 aliphatic heterocycles.